The van der Waals surface area contributed by atoms with Gasteiger partial charge in [0.2, 0.25) is 5.91 Å². The lowest BCUT2D eigenvalue weighted by atomic mass is 10.0. The molecule has 1 amide bonds. The third-order valence-electron chi connectivity index (χ3n) is 3.35. The molecule has 1 aliphatic heterocycles. The van der Waals surface area contributed by atoms with Crippen molar-refractivity contribution in [2.75, 3.05) is 4.90 Å². The van der Waals surface area contributed by atoms with E-state index >= 15 is 0 Å². The first-order valence-electron chi connectivity index (χ1n) is 6.07. The van der Waals surface area contributed by atoms with Gasteiger partial charge in [0.05, 0.1) is 6.54 Å². The molecule has 0 atom stereocenters. The molecule has 98 valence electrons. The number of nitrogens with zero attached hydrogens (tertiary/aromatic N) is 4. The molecule has 0 N–H and O–H groups in total. The summed E-state index contributed by atoms with van der Waals surface area (Å²) in [4.78, 5) is 18.1. The van der Waals surface area contributed by atoms with Gasteiger partial charge in [-0.1, -0.05) is 0 Å². The van der Waals surface area contributed by atoms with Crippen molar-refractivity contribution in [3.8, 4) is 0 Å². The van der Waals surface area contributed by atoms with Crippen LogP contribution < -0.4 is 4.90 Å². The smallest absolute Gasteiger partial charge is 0.227 e. The predicted octanol–water partition coefficient (Wildman–Crippen LogP) is 1.90. The van der Waals surface area contributed by atoms with Crippen molar-refractivity contribution in [1.82, 2.24) is 14.8 Å². The number of halogens is 1. The second-order valence-corrected chi connectivity index (χ2v) is 5.80. The van der Waals surface area contributed by atoms with E-state index in [-0.39, 0.29) is 5.91 Å². The van der Waals surface area contributed by atoms with Gasteiger partial charge in [-0.05, 0) is 52.8 Å². The quantitative estimate of drug-likeness (QED) is 0.761. The number of carbonyl (C=O) groups is 1. The lowest BCUT2D eigenvalue weighted by molar-refractivity contribution is -0.119. The van der Waals surface area contributed by atoms with Gasteiger partial charge in [0.15, 0.2) is 0 Å². The molecule has 0 bridgehead atoms. The minimum absolute atomic E-state index is 0.150. The first-order chi connectivity index (χ1) is 9.15. The Kier molecular flexibility index (Phi) is 3.26. The largest absolute Gasteiger partial charge is 0.305 e. The first kappa shape index (κ1) is 12.6. The molecule has 19 heavy (non-hydrogen) atoms. The van der Waals surface area contributed by atoms with Crippen molar-refractivity contribution < 1.29 is 4.79 Å². The Balaban J connectivity index is 1.97. The summed E-state index contributed by atoms with van der Waals surface area (Å²) in [5.41, 5.74) is 2.23. The number of aromatic nitrogens is 3. The Morgan fingerprint density at radius 3 is 2.95 bits per heavy atom. The molecule has 0 spiro atoms. The number of rotatable bonds is 2. The van der Waals surface area contributed by atoms with Crippen LogP contribution in [0.5, 0.6) is 0 Å². The summed E-state index contributed by atoms with van der Waals surface area (Å²) in [6.07, 6.45) is 2.89. The third kappa shape index (κ3) is 2.36. The van der Waals surface area contributed by atoms with Crippen LogP contribution in [0, 0.1) is 3.57 Å². The van der Waals surface area contributed by atoms with Gasteiger partial charge in [-0.25, -0.2) is 4.98 Å². The van der Waals surface area contributed by atoms with Crippen molar-refractivity contribution >= 4 is 34.2 Å². The van der Waals surface area contributed by atoms with Gasteiger partial charge in [0.1, 0.15) is 12.2 Å². The zero-order chi connectivity index (χ0) is 13.4. The molecule has 0 saturated carbocycles. The molecular weight excluding hydrogens is 355 g/mol. The number of hydrogen-bond donors (Lipinski definition) is 0. The minimum Gasteiger partial charge on any atom is -0.305 e. The van der Waals surface area contributed by atoms with Gasteiger partial charge in [0.25, 0.3) is 0 Å². The van der Waals surface area contributed by atoms with Gasteiger partial charge in [-0.2, -0.15) is 5.10 Å². The van der Waals surface area contributed by atoms with E-state index in [9.17, 15) is 4.79 Å². The van der Waals surface area contributed by atoms with Crippen molar-refractivity contribution in [1.29, 1.82) is 0 Å². The number of hydrogen-bond acceptors (Lipinski definition) is 3. The van der Waals surface area contributed by atoms with Crippen LogP contribution in [0.15, 0.2) is 24.5 Å². The summed E-state index contributed by atoms with van der Waals surface area (Å²) in [7, 11) is 1.84. The Hall–Kier alpha value is -1.44. The molecule has 6 heteroatoms. The number of amides is 1. The summed E-state index contributed by atoms with van der Waals surface area (Å²) in [5, 5.41) is 4.04. The van der Waals surface area contributed by atoms with E-state index in [1.165, 1.54) is 15.5 Å². The maximum Gasteiger partial charge on any atom is 0.227 e. The number of aryl methyl sites for hydroxylation is 2. The van der Waals surface area contributed by atoms with Crippen LogP contribution in [0.3, 0.4) is 0 Å². The van der Waals surface area contributed by atoms with Gasteiger partial charge in [-0.15, -0.1) is 0 Å². The van der Waals surface area contributed by atoms with E-state index < -0.39 is 0 Å². The number of anilines is 1. The molecule has 0 radical (unpaired) electrons. The van der Waals surface area contributed by atoms with Gasteiger partial charge in [0, 0.05) is 22.7 Å². The Morgan fingerprint density at radius 1 is 1.37 bits per heavy atom. The second kappa shape index (κ2) is 4.92. The fourth-order valence-electron chi connectivity index (χ4n) is 2.31. The van der Waals surface area contributed by atoms with E-state index in [2.05, 4.69) is 38.7 Å². The normalized spacial score (nSPS) is 14.6. The topological polar surface area (TPSA) is 51.0 Å². The molecule has 1 aromatic carbocycles. The summed E-state index contributed by atoms with van der Waals surface area (Å²) < 4.78 is 2.90. The van der Waals surface area contributed by atoms with Crippen molar-refractivity contribution in [3.05, 3.63) is 39.5 Å². The maximum atomic E-state index is 12.1. The number of benzene rings is 1. The molecular formula is C13H13IN4O. The molecule has 0 unspecified atom stereocenters. The van der Waals surface area contributed by atoms with Crippen LogP contribution in [-0.2, 0) is 24.8 Å². The van der Waals surface area contributed by atoms with Crippen molar-refractivity contribution in [3.63, 3.8) is 0 Å². The number of fused-ring (bicyclic) bond motifs is 1. The van der Waals surface area contributed by atoms with Crippen LogP contribution in [0.4, 0.5) is 5.69 Å². The highest BCUT2D eigenvalue weighted by molar-refractivity contribution is 14.1. The molecule has 1 aliphatic rings. The minimum atomic E-state index is 0.150. The van der Waals surface area contributed by atoms with Crippen LogP contribution in [-0.4, -0.2) is 20.7 Å². The average Bonchev–Trinajstić information content (AvgIpc) is 2.78. The average molecular weight is 368 g/mol. The highest BCUT2D eigenvalue weighted by Crippen LogP contribution is 2.30. The maximum absolute atomic E-state index is 12.1. The van der Waals surface area contributed by atoms with Crippen LogP contribution >= 0.6 is 22.6 Å². The lowest BCUT2D eigenvalue weighted by Crippen LogP contribution is -2.35. The summed E-state index contributed by atoms with van der Waals surface area (Å²) in [6.45, 7) is 0.475. The second-order valence-electron chi connectivity index (χ2n) is 4.55. The Morgan fingerprint density at radius 2 is 2.21 bits per heavy atom. The van der Waals surface area contributed by atoms with Gasteiger partial charge >= 0.3 is 0 Å². The lowest BCUT2D eigenvalue weighted by Gasteiger charge is -2.29. The third-order valence-corrected chi connectivity index (χ3v) is 4.02. The van der Waals surface area contributed by atoms with Crippen LogP contribution in [0.25, 0.3) is 0 Å². The molecule has 0 saturated heterocycles. The standard InChI is InChI=1S/C13H13IN4O/c1-17-12(15-8-16-17)7-18-11-4-3-10(14)6-9(11)2-5-13(18)19/h3-4,6,8H,2,5,7H2,1H3. The van der Waals surface area contributed by atoms with E-state index in [1.807, 2.05) is 19.2 Å². The molecule has 0 aliphatic carbocycles. The summed E-state index contributed by atoms with van der Waals surface area (Å²) >= 11 is 2.30. The van der Waals surface area contributed by atoms with Crippen LogP contribution in [0.1, 0.15) is 17.8 Å². The monoisotopic (exact) mass is 368 g/mol. The van der Waals surface area contributed by atoms with E-state index in [1.54, 1.807) is 9.58 Å². The Labute approximate surface area is 124 Å². The van der Waals surface area contributed by atoms with E-state index in [0.29, 0.717) is 13.0 Å². The first-order valence-corrected chi connectivity index (χ1v) is 7.14. The van der Waals surface area contributed by atoms with E-state index in [4.69, 9.17) is 0 Å². The predicted molar refractivity (Wildman–Crippen MR) is 79.7 cm³/mol. The highest BCUT2D eigenvalue weighted by Gasteiger charge is 2.25. The molecule has 2 heterocycles. The zero-order valence-electron chi connectivity index (χ0n) is 10.5. The van der Waals surface area contributed by atoms with Crippen molar-refractivity contribution in [2.24, 2.45) is 7.05 Å². The zero-order valence-corrected chi connectivity index (χ0v) is 12.7. The fourth-order valence-corrected chi connectivity index (χ4v) is 2.86. The SMILES string of the molecule is Cn1ncnc1CN1C(=O)CCc2cc(I)ccc21. The molecule has 2 aromatic rings. The summed E-state index contributed by atoms with van der Waals surface area (Å²) in [6, 6.07) is 6.19. The van der Waals surface area contributed by atoms with Crippen LogP contribution in [0.2, 0.25) is 0 Å². The Bertz CT molecular complexity index is 637. The summed E-state index contributed by atoms with van der Waals surface area (Å²) in [5.74, 6) is 0.941. The molecule has 0 fully saturated rings. The van der Waals surface area contributed by atoms with Crippen molar-refractivity contribution in [2.45, 2.75) is 19.4 Å². The molecule has 3 rings (SSSR count). The van der Waals surface area contributed by atoms with Gasteiger partial charge in [-0.3, -0.25) is 9.48 Å². The number of carbonyl (C=O) groups excluding carboxylic acids is 1. The van der Waals surface area contributed by atoms with E-state index in [0.717, 1.165) is 17.9 Å². The molecule has 5 nitrogen and oxygen atoms in total. The van der Waals surface area contributed by atoms with Gasteiger partial charge < -0.3 is 4.90 Å². The highest BCUT2D eigenvalue weighted by atomic mass is 127. The fraction of sp³-hybridized carbons (Fsp3) is 0.308. The molecule has 1 aromatic heterocycles.